The van der Waals surface area contributed by atoms with Crippen LogP contribution in [0, 0.1) is 11.8 Å². The number of halogens is 1. The van der Waals surface area contributed by atoms with Crippen molar-refractivity contribution in [3.8, 4) is 0 Å². The van der Waals surface area contributed by atoms with Gasteiger partial charge in [0.25, 0.3) is 0 Å². The van der Waals surface area contributed by atoms with Gasteiger partial charge in [0.2, 0.25) is 10.0 Å². The summed E-state index contributed by atoms with van der Waals surface area (Å²) >= 11 is 5.92. The first-order valence-electron chi connectivity index (χ1n) is 12.5. The van der Waals surface area contributed by atoms with E-state index in [0.717, 1.165) is 60.9 Å². The molecule has 0 aromatic heterocycles. The molecule has 1 unspecified atom stereocenters. The predicted octanol–water partition coefficient (Wildman–Crippen LogP) is 5.16. The highest BCUT2D eigenvalue weighted by Gasteiger charge is 2.24. The molecule has 4 rings (SSSR count). The Balaban J connectivity index is 1.15. The highest BCUT2D eigenvalue weighted by Crippen LogP contribution is 2.29. The molecule has 0 amide bonds. The van der Waals surface area contributed by atoms with Crippen LogP contribution in [0.15, 0.2) is 71.6 Å². The van der Waals surface area contributed by atoms with E-state index < -0.39 is 10.0 Å². The number of hydrogen-bond acceptors (Lipinski definition) is 4. The molecule has 1 aliphatic rings. The van der Waals surface area contributed by atoms with Crippen molar-refractivity contribution in [1.29, 1.82) is 0 Å². The fourth-order valence-corrected chi connectivity index (χ4v) is 6.39. The molecule has 0 spiro atoms. The molecule has 0 radical (unpaired) electrons. The van der Waals surface area contributed by atoms with Gasteiger partial charge in [-0.05, 0) is 86.1 Å². The maximum Gasteiger partial charge on any atom is 0.241 e. The maximum atomic E-state index is 13.0. The van der Waals surface area contributed by atoms with Crippen molar-refractivity contribution >= 4 is 32.4 Å². The molecule has 0 heterocycles. The number of rotatable bonds is 11. The Morgan fingerprint density at radius 1 is 0.886 bits per heavy atom. The third kappa shape index (κ3) is 7.51. The fourth-order valence-electron chi connectivity index (χ4n) is 4.92. The summed E-state index contributed by atoms with van der Waals surface area (Å²) in [5.74, 6) is 0.936. The molecule has 1 fully saturated rings. The van der Waals surface area contributed by atoms with Crippen LogP contribution in [0.2, 0.25) is 5.02 Å². The van der Waals surface area contributed by atoms with Gasteiger partial charge in [-0.1, -0.05) is 60.1 Å². The molecule has 35 heavy (non-hydrogen) atoms. The average Bonchev–Trinajstić information content (AvgIpc) is 2.87. The van der Waals surface area contributed by atoms with E-state index in [1.807, 2.05) is 54.6 Å². The molecule has 188 valence electrons. The summed E-state index contributed by atoms with van der Waals surface area (Å²) in [6.45, 7) is 1.97. The standard InChI is InChI=1S/C28H35ClN2O3S/c29-25-15-12-21(13-16-25)14-17-26(32)20-30-18-22-8-10-23(11-9-22)19-31-35(33,34)28-7-3-5-24-4-1-2-6-27(24)28/h1-7,12-13,15-16,22-23,26,30-32H,8-11,14,17-20H2. The van der Waals surface area contributed by atoms with Crippen LogP contribution < -0.4 is 10.0 Å². The Bertz CT molecular complexity index is 1190. The monoisotopic (exact) mass is 514 g/mol. The zero-order chi connectivity index (χ0) is 24.7. The third-order valence-electron chi connectivity index (χ3n) is 7.06. The zero-order valence-corrected chi connectivity index (χ0v) is 21.6. The van der Waals surface area contributed by atoms with Gasteiger partial charge in [0, 0.05) is 23.5 Å². The van der Waals surface area contributed by atoms with Crippen LogP contribution in [0.25, 0.3) is 10.8 Å². The van der Waals surface area contributed by atoms with Gasteiger partial charge in [-0.2, -0.15) is 0 Å². The number of sulfonamides is 1. The summed E-state index contributed by atoms with van der Waals surface area (Å²) in [5, 5.41) is 16.1. The van der Waals surface area contributed by atoms with Crippen LogP contribution >= 0.6 is 11.6 Å². The van der Waals surface area contributed by atoms with Crippen molar-refractivity contribution in [2.24, 2.45) is 11.8 Å². The van der Waals surface area contributed by atoms with E-state index in [1.165, 1.54) is 5.56 Å². The van der Waals surface area contributed by atoms with E-state index in [4.69, 9.17) is 11.6 Å². The number of aliphatic hydroxyl groups is 1. The van der Waals surface area contributed by atoms with Gasteiger partial charge in [0.15, 0.2) is 0 Å². The lowest BCUT2D eigenvalue weighted by Gasteiger charge is -2.29. The number of aryl methyl sites for hydroxylation is 1. The van der Waals surface area contributed by atoms with Crippen LogP contribution in [0.5, 0.6) is 0 Å². The Hall–Kier alpha value is -1.96. The molecule has 0 aliphatic heterocycles. The van der Waals surface area contributed by atoms with E-state index in [-0.39, 0.29) is 6.10 Å². The van der Waals surface area contributed by atoms with E-state index >= 15 is 0 Å². The normalized spacial score (nSPS) is 19.6. The van der Waals surface area contributed by atoms with Crippen LogP contribution in [-0.2, 0) is 16.4 Å². The second kappa shape index (κ2) is 12.3. The second-order valence-electron chi connectivity index (χ2n) is 9.69. The van der Waals surface area contributed by atoms with Crippen molar-refractivity contribution in [3.63, 3.8) is 0 Å². The molecule has 7 heteroatoms. The highest BCUT2D eigenvalue weighted by molar-refractivity contribution is 7.89. The molecular formula is C28H35ClN2O3S. The molecule has 3 N–H and O–H groups in total. The molecular weight excluding hydrogens is 480 g/mol. The molecule has 0 bridgehead atoms. The van der Waals surface area contributed by atoms with Crippen LogP contribution in [0.1, 0.15) is 37.7 Å². The number of benzene rings is 3. The van der Waals surface area contributed by atoms with Gasteiger partial charge in [-0.3, -0.25) is 0 Å². The van der Waals surface area contributed by atoms with Crippen molar-refractivity contribution in [1.82, 2.24) is 10.0 Å². The molecule has 1 saturated carbocycles. The zero-order valence-electron chi connectivity index (χ0n) is 20.0. The maximum absolute atomic E-state index is 13.0. The smallest absolute Gasteiger partial charge is 0.241 e. The summed E-state index contributed by atoms with van der Waals surface area (Å²) in [4.78, 5) is 0.350. The first-order valence-corrected chi connectivity index (χ1v) is 14.4. The van der Waals surface area contributed by atoms with Gasteiger partial charge >= 0.3 is 0 Å². The third-order valence-corrected chi connectivity index (χ3v) is 8.79. The minimum absolute atomic E-state index is 0.350. The van der Waals surface area contributed by atoms with Crippen molar-refractivity contribution in [2.45, 2.75) is 49.5 Å². The second-order valence-corrected chi connectivity index (χ2v) is 11.9. The molecule has 0 saturated heterocycles. The topological polar surface area (TPSA) is 78.4 Å². The largest absolute Gasteiger partial charge is 0.392 e. The van der Waals surface area contributed by atoms with Crippen molar-refractivity contribution in [2.75, 3.05) is 19.6 Å². The number of aliphatic hydroxyl groups excluding tert-OH is 1. The summed E-state index contributed by atoms with van der Waals surface area (Å²) in [6.07, 6.45) is 5.37. The summed E-state index contributed by atoms with van der Waals surface area (Å²) in [7, 11) is -3.55. The summed E-state index contributed by atoms with van der Waals surface area (Å²) in [6, 6.07) is 20.8. The van der Waals surface area contributed by atoms with Crippen molar-refractivity contribution < 1.29 is 13.5 Å². The lowest BCUT2D eigenvalue weighted by Crippen LogP contribution is -2.35. The van der Waals surface area contributed by atoms with E-state index in [9.17, 15) is 13.5 Å². The lowest BCUT2D eigenvalue weighted by atomic mass is 9.82. The van der Waals surface area contributed by atoms with Gasteiger partial charge in [0.05, 0.1) is 11.0 Å². The molecule has 1 atom stereocenters. The summed E-state index contributed by atoms with van der Waals surface area (Å²) < 4.78 is 28.8. The Kier molecular flexibility index (Phi) is 9.20. The molecule has 5 nitrogen and oxygen atoms in total. The minimum Gasteiger partial charge on any atom is -0.392 e. The minimum atomic E-state index is -3.55. The number of nitrogens with one attached hydrogen (secondary N) is 2. The predicted molar refractivity (Wildman–Crippen MR) is 143 cm³/mol. The Morgan fingerprint density at radius 2 is 1.54 bits per heavy atom. The lowest BCUT2D eigenvalue weighted by molar-refractivity contribution is 0.157. The van der Waals surface area contributed by atoms with Gasteiger partial charge in [-0.15, -0.1) is 0 Å². The molecule has 3 aromatic carbocycles. The van der Waals surface area contributed by atoms with E-state index in [0.29, 0.717) is 29.8 Å². The highest BCUT2D eigenvalue weighted by atomic mass is 35.5. The molecule has 1 aliphatic carbocycles. The van der Waals surface area contributed by atoms with E-state index in [2.05, 4.69) is 10.0 Å². The fraction of sp³-hybridized carbons (Fsp3) is 0.429. The summed E-state index contributed by atoms with van der Waals surface area (Å²) in [5.41, 5.74) is 1.18. The van der Waals surface area contributed by atoms with Gasteiger partial charge in [0.1, 0.15) is 0 Å². The molecule has 3 aromatic rings. The van der Waals surface area contributed by atoms with Crippen LogP contribution in [-0.4, -0.2) is 39.3 Å². The number of hydrogen-bond donors (Lipinski definition) is 3. The Morgan fingerprint density at radius 3 is 2.29 bits per heavy atom. The van der Waals surface area contributed by atoms with Gasteiger partial charge in [-0.25, -0.2) is 13.1 Å². The quantitative estimate of drug-likeness (QED) is 0.330. The van der Waals surface area contributed by atoms with Crippen molar-refractivity contribution in [3.05, 3.63) is 77.3 Å². The van der Waals surface area contributed by atoms with Gasteiger partial charge < -0.3 is 10.4 Å². The number of fused-ring (bicyclic) bond motifs is 1. The van der Waals surface area contributed by atoms with Crippen LogP contribution in [0.3, 0.4) is 0 Å². The SMILES string of the molecule is O=S(=O)(NCC1CCC(CNCC(O)CCc2ccc(Cl)cc2)CC1)c1cccc2ccccc12. The average molecular weight is 515 g/mol. The first-order chi connectivity index (χ1) is 16.9. The van der Waals surface area contributed by atoms with Crippen LogP contribution in [0.4, 0.5) is 0 Å². The Labute approximate surface area is 214 Å². The van der Waals surface area contributed by atoms with E-state index in [1.54, 1.807) is 12.1 Å². The first kappa shape index (κ1) is 26.1.